The summed E-state index contributed by atoms with van der Waals surface area (Å²) in [4.78, 5) is 16.3. The van der Waals surface area contributed by atoms with Crippen LogP contribution in [0.25, 0.3) is 0 Å². The van der Waals surface area contributed by atoms with Crippen LogP contribution in [0.4, 0.5) is 0 Å². The molecule has 2 aromatic rings. The maximum absolute atomic E-state index is 13.8. The Morgan fingerprint density at radius 2 is 1.93 bits per heavy atom. The quantitative estimate of drug-likeness (QED) is 0.752. The summed E-state index contributed by atoms with van der Waals surface area (Å²) in [5, 5.41) is 0. The van der Waals surface area contributed by atoms with Gasteiger partial charge in [-0.1, -0.05) is 37.1 Å². The number of Topliss-reactive ketones (excluding diaryl/α,β-unsaturated/α-hetero) is 1. The summed E-state index contributed by atoms with van der Waals surface area (Å²) in [6, 6.07) is 14.6. The Bertz CT molecular complexity index is 859. The summed E-state index contributed by atoms with van der Waals surface area (Å²) in [5.41, 5.74) is 4.49. The van der Waals surface area contributed by atoms with Crippen LogP contribution in [-0.2, 0) is 12.8 Å². The Kier molecular flexibility index (Phi) is 5.54. The van der Waals surface area contributed by atoms with Gasteiger partial charge >= 0.3 is 0 Å². The summed E-state index contributed by atoms with van der Waals surface area (Å²) in [6.45, 7) is 4.17. The number of aryl methyl sites for hydroxylation is 2. The molecule has 2 aliphatic rings. The van der Waals surface area contributed by atoms with Gasteiger partial charge in [0.1, 0.15) is 5.75 Å². The summed E-state index contributed by atoms with van der Waals surface area (Å²) in [5.74, 6) is 1.18. The van der Waals surface area contributed by atoms with E-state index in [0.29, 0.717) is 5.78 Å². The Balaban J connectivity index is 1.62. The van der Waals surface area contributed by atoms with Crippen molar-refractivity contribution in [2.24, 2.45) is 0 Å². The van der Waals surface area contributed by atoms with Crippen molar-refractivity contribution in [2.75, 3.05) is 20.2 Å². The van der Waals surface area contributed by atoms with Gasteiger partial charge in [-0.3, -0.25) is 9.69 Å². The minimum Gasteiger partial charge on any atom is -0.497 e. The molecule has 28 heavy (non-hydrogen) atoms. The molecule has 4 rings (SSSR count). The van der Waals surface area contributed by atoms with Gasteiger partial charge in [0, 0.05) is 12.1 Å². The highest BCUT2D eigenvalue weighted by Crippen LogP contribution is 2.40. The van der Waals surface area contributed by atoms with Gasteiger partial charge in [0.15, 0.2) is 5.78 Å². The summed E-state index contributed by atoms with van der Waals surface area (Å²) < 4.78 is 5.37. The zero-order chi connectivity index (χ0) is 19.6. The first-order chi connectivity index (χ1) is 13.6. The summed E-state index contributed by atoms with van der Waals surface area (Å²) in [7, 11) is 1.69. The van der Waals surface area contributed by atoms with Crippen molar-refractivity contribution < 1.29 is 9.53 Å². The molecule has 1 saturated heterocycles. The number of hydrogen-bond acceptors (Lipinski definition) is 3. The lowest BCUT2D eigenvalue weighted by molar-refractivity contribution is 0.0477. The lowest BCUT2D eigenvalue weighted by atomic mass is 9.73. The van der Waals surface area contributed by atoms with Crippen LogP contribution >= 0.6 is 0 Å². The van der Waals surface area contributed by atoms with E-state index in [2.05, 4.69) is 42.2 Å². The molecular weight excluding hydrogens is 346 g/mol. The zero-order valence-corrected chi connectivity index (χ0v) is 17.2. The van der Waals surface area contributed by atoms with Gasteiger partial charge in [0.25, 0.3) is 0 Å². The Morgan fingerprint density at radius 3 is 2.75 bits per heavy atom. The van der Waals surface area contributed by atoms with E-state index in [1.54, 1.807) is 7.11 Å². The topological polar surface area (TPSA) is 29.5 Å². The van der Waals surface area contributed by atoms with E-state index >= 15 is 0 Å². The molecule has 1 aliphatic carbocycles. The van der Waals surface area contributed by atoms with Crippen LogP contribution in [0.1, 0.15) is 59.2 Å². The van der Waals surface area contributed by atoms with Crippen LogP contribution in [0.2, 0.25) is 0 Å². The van der Waals surface area contributed by atoms with Gasteiger partial charge < -0.3 is 4.74 Å². The second kappa shape index (κ2) is 8.08. The Hall–Kier alpha value is -2.13. The molecule has 1 fully saturated rings. The fourth-order valence-electron chi connectivity index (χ4n) is 5.11. The van der Waals surface area contributed by atoms with Gasteiger partial charge in [0.2, 0.25) is 0 Å². The maximum atomic E-state index is 13.8. The van der Waals surface area contributed by atoms with Crippen molar-refractivity contribution in [3.8, 4) is 5.75 Å². The van der Waals surface area contributed by atoms with Crippen LogP contribution in [-0.4, -0.2) is 36.4 Å². The monoisotopic (exact) mass is 377 g/mol. The molecule has 0 amide bonds. The van der Waals surface area contributed by atoms with E-state index in [4.69, 9.17) is 4.74 Å². The summed E-state index contributed by atoms with van der Waals surface area (Å²) >= 11 is 0. The molecule has 1 spiro atoms. The molecule has 1 unspecified atom stereocenters. The molecule has 0 N–H and O–H groups in total. The molecule has 0 aromatic heterocycles. The van der Waals surface area contributed by atoms with Gasteiger partial charge in [-0.2, -0.15) is 0 Å². The molecular formula is C25H31NO2. The number of nitrogens with zero attached hydrogens (tertiary/aromatic N) is 1. The van der Waals surface area contributed by atoms with Crippen LogP contribution in [0.5, 0.6) is 5.75 Å². The normalized spacial score (nSPS) is 22.7. The first-order valence-corrected chi connectivity index (χ1v) is 10.7. The second-order valence-electron chi connectivity index (χ2n) is 8.36. The smallest absolute Gasteiger partial charge is 0.183 e. The fourth-order valence-corrected chi connectivity index (χ4v) is 5.11. The van der Waals surface area contributed by atoms with Crippen LogP contribution < -0.4 is 4.74 Å². The highest BCUT2D eigenvalue weighted by molar-refractivity contribution is 6.05. The first kappa shape index (κ1) is 19.2. The maximum Gasteiger partial charge on any atom is 0.183 e. The van der Waals surface area contributed by atoms with Crippen LogP contribution in [0, 0.1) is 6.92 Å². The lowest BCUT2D eigenvalue weighted by Crippen LogP contribution is -2.57. The third-order valence-electron chi connectivity index (χ3n) is 6.82. The van der Waals surface area contributed by atoms with E-state index in [-0.39, 0.29) is 5.54 Å². The van der Waals surface area contributed by atoms with Gasteiger partial charge in [0.05, 0.1) is 12.6 Å². The van der Waals surface area contributed by atoms with Gasteiger partial charge in [-0.15, -0.1) is 0 Å². The molecule has 1 atom stereocenters. The number of ether oxygens (including phenoxy) is 1. The van der Waals surface area contributed by atoms with Gasteiger partial charge in [-0.05, 0) is 80.5 Å². The standard InChI is InChI=1S/C25H31NO2/c1-19-8-4-5-9-20(19)13-17-26-16-7-3-6-14-25(26)15-12-21-18-22(28-2)10-11-23(21)24(25)27/h4-5,8-11,18H,3,6-7,12-17H2,1-2H3. The van der Waals surface area contributed by atoms with E-state index < -0.39 is 0 Å². The van der Waals surface area contributed by atoms with Crippen molar-refractivity contribution in [3.63, 3.8) is 0 Å². The van der Waals surface area contributed by atoms with Crippen molar-refractivity contribution in [1.82, 2.24) is 4.90 Å². The molecule has 2 aromatic carbocycles. The summed E-state index contributed by atoms with van der Waals surface area (Å²) in [6.07, 6.45) is 7.46. The first-order valence-electron chi connectivity index (χ1n) is 10.7. The number of hydrogen-bond donors (Lipinski definition) is 0. The van der Waals surface area contributed by atoms with Crippen molar-refractivity contribution in [2.45, 2.75) is 57.4 Å². The lowest BCUT2D eigenvalue weighted by Gasteiger charge is -2.45. The molecule has 0 radical (unpaired) electrons. The molecule has 0 saturated carbocycles. The highest BCUT2D eigenvalue weighted by Gasteiger charge is 2.46. The van der Waals surface area contributed by atoms with E-state index in [1.807, 2.05) is 12.1 Å². The highest BCUT2D eigenvalue weighted by atomic mass is 16.5. The number of fused-ring (bicyclic) bond motifs is 1. The predicted octanol–water partition coefficient (Wildman–Crippen LogP) is 4.99. The third kappa shape index (κ3) is 3.48. The van der Waals surface area contributed by atoms with E-state index in [0.717, 1.165) is 62.1 Å². The zero-order valence-electron chi connectivity index (χ0n) is 17.2. The fraction of sp³-hybridized carbons (Fsp3) is 0.480. The average Bonchev–Trinajstić information content (AvgIpc) is 2.93. The molecule has 148 valence electrons. The van der Waals surface area contributed by atoms with Gasteiger partial charge in [-0.25, -0.2) is 0 Å². The third-order valence-corrected chi connectivity index (χ3v) is 6.82. The molecule has 3 heteroatoms. The Morgan fingerprint density at radius 1 is 1.07 bits per heavy atom. The van der Waals surface area contributed by atoms with Crippen LogP contribution in [0.15, 0.2) is 42.5 Å². The second-order valence-corrected chi connectivity index (χ2v) is 8.36. The van der Waals surface area contributed by atoms with Crippen molar-refractivity contribution in [3.05, 3.63) is 64.7 Å². The number of carbonyl (C=O) groups is 1. The molecule has 1 aliphatic heterocycles. The minimum absolute atomic E-state index is 0.319. The largest absolute Gasteiger partial charge is 0.497 e. The number of rotatable bonds is 4. The average molecular weight is 378 g/mol. The van der Waals surface area contributed by atoms with Crippen LogP contribution in [0.3, 0.4) is 0 Å². The number of methoxy groups -OCH3 is 1. The number of ketones is 1. The van der Waals surface area contributed by atoms with E-state index in [9.17, 15) is 4.79 Å². The SMILES string of the molecule is COc1ccc2c(c1)CCC1(CCCCCN1CCc1ccccc1C)C2=O. The number of benzene rings is 2. The number of likely N-dealkylation sites (tertiary alicyclic amines) is 1. The van der Waals surface area contributed by atoms with E-state index in [1.165, 1.54) is 24.0 Å². The molecule has 3 nitrogen and oxygen atoms in total. The minimum atomic E-state index is -0.319. The van der Waals surface area contributed by atoms with Crippen molar-refractivity contribution >= 4 is 5.78 Å². The Labute approximate surface area is 168 Å². The predicted molar refractivity (Wildman–Crippen MR) is 113 cm³/mol. The molecule has 0 bridgehead atoms. The molecule has 1 heterocycles. The number of carbonyl (C=O) groups excluding carboxylic acids is 1. The van der Waals surface area contributed by atoms with Crippen molar-refractivity contribution in [1.29, 1.82) is 0 Å².